The molecule has 6 nitrogen and oxygen atoms in total. The summed E-state index contributed by atoms with van der Waals surface area (Å²) in [5.41, 5.74) is 17.9. The van der Waals surface area contributed by atoms with Crippen molar-refractivity contribution in [1.29, 1.82) is 0 Å². The number of hydrogen-bond donors (Lipinski definition) is 0. The van der Waals surface area contributed by atoms with E-state index < -0.39 is 0 Å². The van der Waals surface area contributed by atoms with Gasteiger partial charge in [-0.3, -0.25) is 0 Å². The van der Waals surface area contributed by atoms with E-state index in [1.165, 1.54) is 38.8 Å². The van der Waals surface area contributed by atoms with Crippen molar-refractivity contribution in [3.05, 3.63) is 187 Å². The van der Waals surface area contributed by atoms with E-state index in [1.54, 1.807) is 0 Å². The van der Waals surface area contributed by atoms with Crippen LogP contribution in [-0.4, -0.2) is 19.9 Å². The zero-order chi connectivity index (χ0) is 45.0. The lowest BCUT2D eigenvalue weighted by atomic mass is 9.33. The average molecular weight is 873 g/mol. The molecule has 0 bridgehead atoms. The first-order valence-corrected chi connectivity index (χ1v) is 23.6. The molecule has 9 aromatic rings. The summed E-state index contributed by atoms with van der Waals surface area (Å²) in [6.07, 6.45) is 10.8. The van der Waals surface area contributed by atoms with Crippen LogP contribution in [0.3, 0.4) is 0 Å². The van der Waals surface area contributed by atoms with E-state index in [2.05, 4.69) is 183 Å². The SMILES string of the molecule is Cc1cc2c3c(c1)N(c1ccc(C(C)(C)C)cc1C1C=CC=CC1)c1cc4c(cc1B3c1ccc(-c3cc5ccccc5o3)cc1N2c1cccc(-c2cc3ccccc3o2)c1)OCCCO4. The van der Waals surface area contributed by atoms with E-state index in [0.717, 1.165) is 97.4 Å². The number of benzene rings is 7. The van der Waals surface area contributed by atoms with Gasteiger partial charge in [-0.1, -0.05) is 118 Å². The van der Waals surface area contributed by atoms with Crippen molar-refractivity contribution in [1.82, 2.24) is 0 Å². The lowest BCUT2D eigenvalue weighted by Crippen LogP contribution is -2.61. The molecule has 326 valence electrons. The van der Waals surface area contributed by atoms with Crippen LogP contribution in [0, 0.1) is 6.92 Å². The molecule has 1 atom stereocenters. The van der Waals surface area contributed by atoms with E-state index in [1.807, 2.05) is 24.3 Å². The van der Waals surface area contributed by atoms with Crippen LogP contribution in [0.4, 0.5) is 34.1 Å². The second-order valence-electron chi connectivity index (χ2n) is 19.5. The molecule has 4 aliphatic rings. The molecular formula is C60H49BN2O4. The molecule has 0 fully saturated rings. The van der Waals surface area contributed by atoms with E-state index in [-0.39, 0.29) is 18.0 Å². The Bertz CT molecular complexity index is 3470. The Balaban J connectivity index is 1.09. The number of ether oxygens (including phenoxy) is 2. The Hall–Kier alpha value is -7.64. The Morgan fingerprint density at radius 2 is 1.25 bits per heavy atom. The minimum absolute atomic E-state index is 0.0280. The molecule has 0 N–H and O–H groups in total. The maximum atomic E-state index is 6.57. The van der Waals surface area contributed by atoms with Gasteiger partial charge in [0.05, 0.1) is 13.2 Å². The first-order valence-electron chi connectivity index (χ1n) is 23.6. The third-order valence-corrected chi connectivity index (χ3v) is 14.1. The van der Waals surface area contributed by atoms with Gasteiger partial charge in [0, 0.05) is 74.4 Å². The summed E-state index contributed by atoms with van der Waals surface area (Å²) in [6, 6.07) is 52.9. The van der Waals surface area contributed by atoms with Crippen LogP contribution >= 0.6 is 0 Å². The van der Waals surface area contributed by atoms with Crippen molar-refractivity contribution >= 4 is 79.2 Å². The fourth-order valence-corrected chi connectivity index (χ4v) is 10.9. The average Bonchev–Trinajstić information content (AvgIpc) is 3.92. The highest BCUT2D eigenvalue weighted by atomic mass is 16.5. The van der Waals surface area contributed by atoms with Gasteiger partial charge in [-0.05, 0) is 119 Å². The van der Waals surface area contributed by atoms with Crippen LogP contribution in [0.25, 0.3) is 44.6 Å². The molecule has 13 rings (SSSR count). The van der Waals surface area contributed by atoms with Gasteiger partial charge < -0.3 is 28.1 Å². The van der Waals surface area contributed by atoms with Crippen molar-refractivity contribution < 1.29 is 18.3 Å². The van der Waals surface area contributed by atoms with Crippen LogP contribution < -0.4 is 35.7 Å². The van der Waals surface area contributed by atoms with Crippen LogP contribution in [0.1, 0.15) is 56.2 Å². The van der Waals surface area contributed by atoms with E-state index in [9.17, 15) is 0 Å². The van der Waals surface area contributed by atoms with Gasteiger partial charge in [0.1, 0.15) is 22.7 Å². The summed E-state index contributed by atoms with van der Waals surface area (Å²) in [4.78, 5) is 5.01. The first kappa shape index (κ1) is 39.7. The fraction of sp³-hybridized carbons (Fsp3) is 0.167. The van der Waals surface area contributed by atoms with Gasteiger partial charge in [0.2, 0.25) is 0 Å². The topological polar surface area (TPSA) is 51.2 Å². The number of hydrogen-bond acceptors (Lipinski definition) is 6. The number of aryl methyl sites for hydroxylation is 1. The summed E-state index contributed by atoms with van der Waals surface area (Å²) in [6.45, 7) is 10.2. The maximum absolute atomic E-state index is 6.57. The van der Waals surface area contributed by atoms with Crippen LogP contribution in [0.5, 0.6) is 11.5 Å². The molecule has 0 amide bonds. The summed E-state index contributed by atoms with van der Waals surface area (Å²) >= 11 is 0. The molecule has 1 aliphatic carbocycles. The molecule has 0 saturated carbocycles. The molecule has 7 aromatic carbocycles. The third kappa shape index (κ3) is 6.54. The van der Waals surface area contributed by atoms with Gasteiger partial charge in [-0.25, -0.2) is 0 Å². The molecule has 1 unspecified atom stereocenters. The lowest BCUT2D eigenvalue weighted by molar-refractivity contribution is 0.297. The van der Waals surface area contributed by atoms with E-state index >= 15 is 0 Å². The quantitative estimate of drug-likeness (QED) is 0.161. The largest absolute Gasteiger partial charge is 0.490 e. The molecule has 0 spiro atoms. The molecule has 0 radical (unpaired) electrons. The normalized spacial score (nSPS) is 16.0. The predicted molar refractivity (Wildman–Crippen MR) is 276 cm³/mol. The highest BCUT2D eigenvalue weighted by molar-refractivity contribution is 7.00. The van der Waals surface area contributed by atoms with Crippen LogP contribution in [0.2, 0.25) is 0 Å². The highest BCUT2D eigenvalue weighted by Crippen LogP contribution is 2.50. The molecule has 67 heavy (non-hydrogen) atoms. The summed E-state index contributed by atoms with van der Waals surface area (Å²) in [7, 11) is 0. The number of nitrogens with zero attached hydrogens (tertiary/aromatic N) is 2. The Morgan fingerprint density at radius 1 is 0.567 bits per heavy atom. The summed E-state index contributed by atoms with van der Waals surface area (Å²) in [5.74, 6) is 3.45. The zero-order valence-electron chi connectivity index (χ0n) is 38.2. The van der Waals surface area contributed by atoms with Crippen LogP contribution in [-0.2, 0) is 5.41 Å². The smallest absolute Gasteiger partial charge is 0.252 e. The molecule has 2 aromatic heterocycles. The number of allylic oxidation sites excluding steroid dienone is 4. The molecule has 0 saturated heterocycles. The zero-order valence-corrected chi connectivity index (χ0v) is 38.2. The second kappa shape index (κ2) is 15.2. The number of anilines is 6. The molecule has 3 aliphatic heterocycles. The van der Waals surface area contributed by atoms with E-state index in [4.69, 9.17) is 18.3 Å². The Kier molecular flexibility index (Phi) is 9.02. The minimum atomic E-state index is -0.127. The summed E-state index contributed by atoms with van der Waals surface area (Å²) in [5, 5.41) is 2.16. The minimum Gasteiger partial charge on any atom is -0.490 e. The van der Waals surface area contributed by atoms with E-state index in [0.29, 0.717) is 13.2 Å². The van der Waals surface area contributed by atoms with Gasteiger partial charge >= 0.3 is 0 Å². The van der Waals surface area contributed by atoms with Crippen molar-refractivity contribution in [2.45, 2.75) is 51.9 Å². The Morgan fingerprint density at radius 3 is 1.96 bits per heavy atom. The Labute approximate surface area is 391 Å². The molecule has 5 heterocycles. The summed E-state index contributed by atoms with van der Waals surface area (Å²) < 4.78 is 26.1. The first-order chi connectivity index (χ1) is 32.7. The lowest BCUT2D eigenvalue weighted by Gasteiger charge is -2.45. The van der Waals surface area contributed by atoms with Crippen molar-refractivity contribution in [2.24, 2.45) is 0 Å². The van der Waals surface area contributed by atoms with Gasteiger partial charge in [-0.15, -0.1) is 0 Å². The van der Waals surface area contributed by atoms with Crippen molar-refractivity contribution in [3.63, 3.8) is 0 Å². The standard InChI is InChI=1S/C60H49BN2O4/c1-37-28-51-59-52(29-37)63(48-25-23-43(60(2,3)4)34-45(48)38-14-6-5-7-15-38)50-36-58-57(64-26-13-27-65-58)35-47(50)61(59)46-24-22-42(56-33-41-17-9-11-21-54(41)67-56)31-49(46)62(51)44-19-12-18-39(30-44)55-32-40-16-8-10-20-53(40)66-55/h5-12,14,16-25,28-36,38H,13,15,26-27H2,1-4H3. The van der Waals surface area contributed by atoms with Crippen molar-refractivity contribution in [2.75, 3.05) is 23.0 Å². The number of fused-ring (bicyclic) bond motifs is 7. The molecular weight excluding hydrogens is 823 g/mol. The predicted octanol–water partition coefficient (Wildman–Crippen LogP) is 14.0. The fourth-order valence-electron chi connectivity index (χ4n) is 10.9. The second-order valence-corrected chi connectivity index (χ2v) is 19.5. The number of furan rings is 2. The number of rotatable bonds is 5. The molecule has 7 heteroatoms. The van der Waals surface area contributed by atoms with Crippen molar-refractivity contribution in [3.8, 4) is 34.1 Å². The van der Waals surface area contributed by atoms with Gasteiger partial charge in [0.25, 0.3) is 6.71 Å². The third-order valence-electron chi connectivity index (χ3n) is 14.1. The van der Waals surface area contributed by atoms with Gasteiger partial charge in [-0.2, -0.15) is 0 Å². The maximum Gasteiger partial charge on any atom is 0.252 e. The number of para-hydroxylation sites is 2. The highest BCUT2D eigenvalue weighted by Gasteiger charge is 2.45. The monoisotopic (exact) mass is 872 g/mol. The van der Waals surface area contributed by atoms with Crippen LogP contribution in [0.15, 0.2) is 179 Å². The van der Waals surface area contributed by atoms with Gasteiger partial charge in [0.15, 0.2) is 11.5 Å².